The van der Waals surface area contributed by atoms with Crippen molar-refractivity contribution >= 4 is 28.5 Å². The third kappa shape index (κ3) is 8.31. The minimum atomic E-state index is -0.528. The van der Waals surface area contributed by atoms with Crippen molar-refractivity contribution in [2.24, 2.45) is 5.92 Å². The van der Waals surface area contributed by atoms with Crippen molar-refractivity contribution in [1.82, 2.24) is 20.1 Å². The summed E-state index contributed by atoms with van der Waals surface area (Å²) in [6.45, 7) is 9.20. The molecule has 1 aliphatic rings. The number of benzene rings is 2. The fourth-order valence-electron chi connectivity index (χ4n) is 4.71. The van der Waals surface area contributed by atoms with Crippen LogP contribution in [-0.2, 0) is 4.74 Å². The van der Waals surface area contributed by atoms with E-state index in [4.69, 9.17) is 14.2 Å². The summed E-state index contributed by atoms with van der Waals surface area (Å²) in [6, 6.07) is 18.8. The van der Waals surface area contributed by atoms with Crippen LogP contribution in [0, 0.1) is 5.92 Å². The molecule has 0 saturated carbocycles. The van der Waals surface area contributed by atoms with E-state index in [-0.39, 0.29) is 24.0 Å². The monoisotopic (exact) mass is 615 g/mol. The number of ether oxygens (including phenoxy) is 3. The minimum Gasteiger partial charge on any atom is -0.489 e. The smallest absolute Gasteiger partial charge is 0.410 e. The molecule has 0 radical (unpaired) electrons. The summed E-state index contributed by atoms with van der Waals surface area (Å²) >= 11 is 1.28. The fraction of sp³-hybridized carbons (Fsp3) is 0.364. The summed E-state index contributed by atoms with van der Waals surface area (Å²) in [5.41, 5.74) is 1.77. The summed E-state index contributed by atoms with van der Waals surface area (Å²) < 4.78 is 18.2. The number of carbonyl (C=O) groups is 2. The Balaban J connectivity index is 1.27. The largest absolute Gasteiger partial charge is 0.489 e. The standard InChI is InChI=1S/C33H37N5O5S/c1-22(24-8-6-5-7-9-24)42-27-11-10-26(29(39)35-31-37-36-30(44-31)25-12-16-34-17-13-25)20-28(27)41-21-23-14-18-38(19-15-23)32(40)43-33(2,3)4/h5-13,16-17,20,22-23H,14-15,18-19,21H2,1-4H3,(H,35,37,39). The van der Waals surface area contributed by atoms with Crippen molar-refractivity contribution in [2.75, 3.05) is 25.0 Å². The van der Waals surface area contributed by atoms with E-state index in [2.05, 4.69) is 20.5 Å². The molecule has 1 unspecified atom stereocenters. The van der Waals surface area contributed by atoms with Crippen LogP contribution in [0.15, 0.2) is 73.1 Å². The van der Waals surface area contributed by atoms with E-state index in [1.807, 2.05) is 70.2 Å². The molecule has 2 aromatic heterocycles. The quantitative estimate of drug-likeness (QED) is 0.214. The lowest BCUT2D eigenvalue weighted by Crippen LogP contribution is -2.42. The van der Waals surface area contributed by atoms with Gasteiger partial charge in [-0.2, -0.15) is 0 Å². The third-order valence-corrected chi connectivity index (χ3v) is 7.98. The Kier molecular flexibility index (Phi) is 9.74. The van der Waals surface area contributed by atoms with E-state index in [1.54, 1.807) is 35.5 Å². The molecule has 4 aromatic rings. The molecule has 10 nitrogen and oxygen atoms in total. The third-order valence-electron chi connectivity index (χ3n) is 7.09. The van der Waals surface area contributed by atoms with Gasteiger partial charge in [-0.05, 0) is 82.3 Å². The summed E-state index contributed by atoms with van der Waals surface area (Å²) in [4.78, 5) is 31.5. The number of nitrogens with one attached hydrogen (secondary N) is 1. The molecule has 1 fully saturated rings. The van der Waals surface area contributed by atoms with E-state index in [0.717, 1.165) is 24.0 Å². The lowest BCUT2D eigenvalue weighted by atomic mass is 9.98. The Morgan fingerprint density at radius 3 is 2.43 bits per heavy atom. The van der Waals surface area contributed by atoms with Gasteiger partial charge in [-0.3, -0.25) is 15.1 Å². The van der Waals surface area contributed by atoms with Crippen LogP contribution in [0.1, 0.15) is 62.6 Å². The van der Waals surface area contributed by atoms with Gasteiger partial charge in [0.1, 0.15) is 16.7 Å². The van der Waals surface area contributed by atoms with Crippen LogP contribution in [0.5, 0.6) is 11.5 Å². The summed E-state index contributed by atoms with van der Waals surface area (Å²) in [7, 11) is 0. The number of hydrogen-bond acceptors (Lipinski definition) is 9. The first kappa shape index (κ1) is 30.9. The predicted molar refractivity (Wildman–Crippen MR) is 169 cm³/mol. The van der Waals surface area contributed by atoms with Gasteiger partial charge in [-0.25, -0.2) is 4.79 Å². The van der Waals surface area contributed by atoms with Gasteiger partial charge in [0.2, 0.25) is 5.13 Å². The maximum atomic E-state index is 13.2. The Labute approximate surface area is 261 Å². The molecule has 2 aromatic carbocycles. The van der Waals surface area contributed by atoms with Crippen molar-refractivity contribution < 1.29 is 23.8 Å². The van der Waals surface area contributed by atoms with Gasteiger partial charge in [0.25, 0.3) is 5.91 Å². The molecule has 1 saturated heterocycles. The van der Waals surface area contributed by atoms with Crippen LogP contribution >= 0.6 is 11.3 Å². The summed E-state index contributed by atoms with van der Waals surface area (Å²) in [5.74, 6) is 0.920. The highest BCUT2D eigenvalue weighted by atomic mass is 32.1. The second-order valence-electron chi connectivity index (χ2n) is 11.7. The number of hydrogen-bond donors (Lipinski definition) is 1. The second kappa shape index (κ2) is 13.9. The number of carbonyl (C=O) groups excluding carboxylic acids is 2. The SMILES string of the molecule is CC(Oc1ccc(C(=O)Nc2nnc(-c3ccncc3)s2)cc1OCC1CCN(C(=O)OC(C)(C)C)CC1)c1ccccc1. The molecule has 11 heteroatoms. The zero-order chi connectivity index (χ0) is 31.1. The summed E-state index contributed by atoms with van der Waals surface area (Å²) in [6.07, 6.45) is 4.42. The molecule has 0 bridgehead atoms. The van der Waals surface area contributed by atoms with Crippen molar-refractivity contribution in [1.29, 1.82) is 0 Å². The lowest BCUT2D eigenvalue weighted by molar-refractivity contribution is 0.0164. The van der Waals surface area contributed by atoms with Gasteiger partial charge >= 0.3 is 6.09 Å². The Bertz CT molecular complexity index is 1550. The zero-order valence-electron chi connectivity index (χ0n) is 25.4. The first-order valence-electron chi connectivity index (χ1n) is 14.7. The molecule has 1 N–H and O–H groups in total. The molecule has 0 aliphatic carbocycles. The van der Waals surface area contributed by atoms with E-state index >= 15 is 0 Å². The van der Waals surface area contributed by atoms with Crippen molar-refractivity contribution in [3.05, 3.63) is 84.2 Å². The zero-order valence-corrected chi connectivity index (χ0v) is 26.2. The van der Waals surface area contributed by atoms with Crippen LogP contribution in [0.2, 0.25) is 0 Å². The maximum Gasteiger partial charge on any atom is 0.410 e. The van der Waals surface area contributed by atoms with E-state index < -0.39 is 5.60 Å². The topological polar surface area (TPSA) is 116 Å². The molecule has 3 heterocycles. The van der Waals surface area contributed by atoms with Crippen LogP contribution in [-0.4, -0.2) is 57.4 Å². The van der Waals surface area contributed by atoms with Crippen LogP contribution in [0.4, 0.5) is 9.93 Å². The van der Waals surface area contributed by atoms with Gasteiger partial charge < -0.3 is 19.1 Å². The molecule has 2 amide bonds. The number of rotatable bonds is 9. The Morgan fingerprint density at radius 1 is 1.00 bits per heavy atom. The average Bonchev–Trinajstić information content (AvgIpc) is 3.49. The number of pyridine rings is 1. The van der Waals surface area contributed by atoms with Gasteiger partial charge in [0.15, 0.2) is 11.5 Å². The highest BCUT2D eigenvalue weighted by Crippen LogP contribution is 2.34. The molecule has 5 rings (SSSR count). The van der Waals surface area contributed by atoms with Crippen LogP contribution < -0.4 is 14.8 Å². The number of nitrogens with zero attached hydrogens (tertiary/aromatic N) is 4. The molecular formula is C33H37N5O5S. The molecule has 44 heavy (non-hydrogen) atoms. The summed E-state index contributed by atoms with van der Waals surface area (Å²) in [5, 5.41) is 12.2. The molecule has 1 aliphatic heterocycles. The Morgan fingerprint density at radius 2 is 1.73 bits per heavy atom. The molecular weight excluding hydrogens is 578 g/mol. The van der Waals surface area contributed by atoms with E-state index in [1.165, 1.54) is 11.3 Å². The predicted octanol–water partition coefficient (Wildman–Crippen LogP) is 7.02. The first-order chi connectivity index (χ1) is 21.1. The van der Waals surface area contributed by atoms with Gasteiger partial charge in [0, 0.05) is 36.6 Å². The fourth-order valence-corrected chi connectivity index (χ4v) is 5.46. The number of piperidine rings is 1. The lowest BCUT2D eigenvalue weighted by Gasteiger charge is -2.33. The van der Waals surface area contributed by atoms with Gasteiger partial charge in [0.05, 0.1) is 6.61 Å². The second-order valence-corrected chi connectivity index (χ2v) is 12.6. The maximum absolute atomic E-state index is 13.2. The van der Waals surface area contributed by atoms with Crippen molar-refractivity contribution in [3.8, 4) is 22.1 Å². The number of amides is 2. The Hall–Kier alpha value is -4.51. The minimum absolute atomic E-state index is 0.233. The first-order valence-corrected chi connectivity index (χ1v) is 15.5. The highest BCUT2D eigenvalue weighted by molar-refractivity contribution is 7.18. The number of likely N-dealkylation sites (tertiary alicyclic amines) is 1. The number of anilines is 1. The van der Waals surface area contributed by atoms with Crippen molar-refractivity contribution in [2.45, 2.75) is 52.2 Å². The van der Waals surface area contributed by atoms with Crippen LogP contribution in [0.25, 0.3) is 10.6 Å². The van der Waals surface area contributed by atoms with Gasteiger partial charge in [-0.1, -0.05) is 41.7 Å². The van der Waals surface area contributed by atoms with Gasteiger partial charge in [-0.15, -0.1) is 10.2 Å². The van der Waals surface area contributed by atoms with E-state index in [0.29, 0.717) is 46.9 Å². The van der Waals surface area contributed by atoms with Crippen LogP contribution in [0.3, 0.4) is 0 Å². The molecule has 0 spiro atoms. The average molecular weight is 616 g/mol. The van der Waals surface area contributed by atoms with Crippen molar-refractivity contribution in [3.63, 3.8) is 0 Å². The normalized spacial score (nSPS) is 14.5. The molecule has 1 atom stereocenters. The molecule has 230 valence electrons. The number of aromatic nitrogens is 3. The van der Waals surface area contributed by atoms with E-state index in [9.17, 15) is 9.59 Å². The highest BCUT2D eigenvalue weighted by Gasteiger charge is 2.27.